The standard InChI is InChI=1S/C20H14ClFN2/c21-16-9-10-19-18(12-16)23-20(15-6-2-1-3-7-15)24(19)13-14-5-4-8-17(22)11-14/h1-12H,13H2. The van der Waals surface area contributed by atoms with Crippen LogP contribution >= 0.6 is 11.6 Å². The summed E-state index contributed by atoms with van der Waals surface area (Å²) < 4.78 is 15.6. The van der Waals surface area contributed by atoms with Crippen LogP contribution in [0, 0.1) is 5.82 Å². The smallest absolute Gasteiger partial charge is 0.141 e. The highest BCUT2D eigenvalue weighted by Crippen LogP contribution is 2.27. The van der Waals surface area contributed by atoms with Crippen LogP contribution < -0.4 is 0 Å². The van der Waals surface area contributed by atoms with Gasteiger partial charge in [0.05, 0.1) is 11.0 Å². The average molecular weight is 337 g/mol. The summed E-state index contributed by atoms with van der Waals surface area (Å²) in [7, 11) is 0. The molecule has 4 rings (SSSR count). The number of rotatable bonds is 3. The Kier molecular flexibility index (Phi) is 3.79. The predicted octanol–water partition coefficient (Wildman–Crippen LogP) is 5.54. The molecule has 0 aliphatic rings. The van der Waals surface area contributed by atoms with Crippen LogP contribution in [0.25, 0.3) is 22.4 Å². The molecule has 0 fully saturated rings. The first-order valence-corrected chi connectivity index (χ1v) is 8.04. The molecule has 0 bridgehead atoms. The molecule has 1 aromatic heterocycles. The van der Waals surface area contributed by atoms with Crippen LogP contribution in [-0.4, -0.2) is 9.55 Å². The lowest BCUT2D eigenvalue weighted by Gasteiger charge is -2.10. The SMILES string of the molecule is Fc1cccc(Cn2c(-c3ccccc3)nc3cc(Cl)ccc32)c1. The van der Waals surface area contributed by atoms with Gasteiger partial charge >= 0.3 is 0 Å². The fourth-order valence-electron chi connectivity index (χ4n) is 2.89. The second kappa shape index (κ2) is 6.10. The van der Waals surface area contributed by atoms with E-state index in [1.54, 1.807) is 12.1 Å². The Morgan fingerprint density at radius 3 is 2.54 bits per heavy atom. The number of hydrogen-bond acceptors (Lipinski definition) is 1. The van der Waals surface area contributed by atoms with Gasteiger partial charge in [-0.1, -0.05) is 54.1 Å². The monoisotopic (exact) mass is 336 g/mol. The first kappa shape index (κ1) is 14.9. The highest BCUT2D eigenvalue weighted by atomic mass is 35.5. The molecule has 0 N–H and O–H groups in total. The largest absolute Gasteiger partial charge is 0.319 e. The van der Waals surface area contributed by atoms with Gasteiger partial charge in [-0.3, -0.25) is 0 Å². The Labute approximate surface area is 144 Å². The minimum Gasteiger partial charge on any atom is -0.319 e. The quantitative estimate of drug-likeness (QED) is 0.480. The van der Waals surface area contributed by atoms with E-state index in [1.807, 2.05) is 54.6 Å². The first-order chi connectivity index (χ1) is 11.7. The minimum atomic E-state index is -0.235. The molecule has 118 valence electrons. The topological polar surface area (TPSA) is 17.8 Å². The van der Waals surface area contributed by atoms with E-state index in [-0.39, 0.29) is 5.82 Å². The van der Waals surface area contributed by atoms with E-state index in [4.69, 9.17) is 16.6 Å². The van der Waals surface area contributed by atoms with Crippen molar-refractivity contribution in [1.82, 2.24) is 9.55 Å². The molecule has 0 unspecified atom stereocenters. The zero-order valence-electron chi connectivity index (χ0n) is 12.8. The predicted molar refractivity (Wildman–Crippen MR) is 95.7 cm³/mol. The van der Waals surface area contributed by atoms with Gasteiger partial charge in [-0.05, 0) is 35.9 Å². The summed E-state index contributed by atoms with van der Waals surface area (Å²) >= 11 is 6.11. The maximum absolute atomic E-state index is 13.5. The summed E-state index contributed by atoms with van der Waals surface area (Å²) in [6, 6.07) is 22.3. The number of benzene rings is 3. The number of nitrogens with zero attached hydrogens (tertiary/aromatic N) is 2. The molecule has 4 aromatic rings. The molecule has 3 aromatic carbocycles. The lowest BCUT2D eigenvalue weighted by atomic mass is 10.2. The van der Waals surface area contributed by atoms with Crippen LogP contribution in [0.1, 0.15) is 5.56 Å². The third-order valence-electron chi connectivity index (χ3n) is 3.97. The number of imidazole rings is 1. The van der Waals surface area contributed by atoms with E-state index in [9.17, 15) is 4.39 Å². The lowest BCUT2D eigenvalue weighted by Crippen LogP contribution is -2.02. The first-order valence-electron chi connectivity index (χ1n) is 7.66. The molecular formula is C20H14ClFN2. The van der Waals surface area contributed by atoms with Crippen LogP contribution in [0.15, 0.2) is 72.8 Å². The van der Waals surface area contributed by atoms with Gasteiger partial charge in [0.2, 0.25) is 0 Å². The van der Waals surface area contributed by atoms with E-state index in [2.05, 4.69) is 4.57 Å². The summed E-state index contributed by atoms with van der Waals surface area (Å²) in [5, 5.41) is 0.650. The van der Waals surface area contributed by atoms with Gasteiger partial charge in [0.1, 0.15) is 11.6 Å². The van der Waals surface area contributed by atoms with Gasteiger partial charge < -0.3 is 4.57 Å². The van der Waals surface area contributed by atoms with Gasteiger partial charge in [-0.25, -0.2) is 9.37 Å². The molecule has 4 heteroatoms. The maximum Gasteiger partial charge on any atom is 0.141 e. The Bertz CT molecular complexity index is 1010. The average Bonchev–Trinajstić information content (AvgIpc) is 2.93. The van der Waals surface area contributed by atoms with Gasteiger partial charge in [-0.15, -0.1) is 0 Å². The van der Waals surface area contributed by atoms with Crippen LogP contribution in [0.4, 0.5) is 4.39 Å². The number of hydrogen-bond donors (Lipinski definition) is 0. The Balaban J connectivity index is 1.91. The number of halogens is 2. The van der Waals surface area contributed by atoms with Crippen molar-refractivity contribution in [3.63, 3.8) is 0 Å². The van der Waals surface area contributed by atoms with Gasteiger partial charge in [0.25, 0.3) is 0 Å². The van der Waals surface area contributed by atoms with Crippen molar-refractivity contribution in [3.05, 3.63) is 89.2 Å². The third-order valence-corrected chi connectivity index (χ3v) is 4.21. The van der Waals surface area contributed by atoms with E-state index < -0.39 is 0 Å². The molecule has 2 nitrogen and oxygen atoms in total. The van der Waals surface area contributed by atoms with Crippen molar-refractivity contribution in [1.29, 1.82) is 0 Å². The molecule has 1 heterocycles. The van der Waals surface area contributed by atoms with Crippen molar-refractivity contribution in [2.24, 2.45) is 0 Å². The summed E-state index contributed by atoms with van der Waals surface area (Å²) in [6.45, 7) is 0.542. The van der Waals surface area contributed by atoms with E-state index in [0.29, 0.717) is 11.6 Å². The molecule has 0 spiro atoms. The van der Waals surface area contributed by atoms with Gasteiger partial charge in [0, 0.05) is 17.1 Å². The summed E-state index contributed by atoms with van der Waals surface area (Å²) in [5.41, 5.74) is 3.71. The second-order valence-electron chi connectivity index (χ2n) is 5.65. The second-order valence-corrected chi connectivity index (χ2v) is 6.09. The molecule has 0 amide bonds. The van der Waals surface area contributed by atoms with E-state index in [0.717, 1.165) is 28.0 Å². The Morgan fingerprint density at radius 1 is 0.917 bits per heavy atom. The van der Waals surface area contributed by atoms with Crippen molar-refractivity contribution in [3.8, 4) is 11.4 Å². The third kappa shape index (κ3) is 2.79. The molecule has 0 saturated heterocycles. The zero-order chi connectivity index (χ0) is 16.5. The Morgan fingerprint density at radius 2 is 1.75 bits per heavy atom. The summed E-state index contributed by atoms with van der Waals surface area (Å²) in [6.07, 6.45) is 0. The maximum atomic E-state index is 13.5. The van der Waals surface area contributed by atoms with E-state index in [1.165, 1.54) is 6.07 Å². The highest BCUT2D eigenvalue weighted by molar-refractivity contribution is 6.31. The fraction of sp³-hybridized carbons (Fsp3) is 0.0500. The van der Waals surface area contributed by atoms with E-state index >= 15 is 0 Å². The molecule has 0 saturated carbocycles. The molecule has 0 aliphatic carbocycles. The van der Waals surface area contributed by atoms with Crippen LogP contribution in [-0.2, 0) is 6.54 Å². The van der Waals surface area contributed by atoms with Gasteiger partial charge in [0.15, 0.2) is 0 Å². The molecular weight excluding hydrogens is 323 g/mol. The molecule has 0 radical (unpaired) electrons. The lowest BCUT2D eigenvalue weighted by molar-refractivity contribution is 0.624. The minimum absolute atomic E-state index is 0.235. The molecule has 0 atom stereocenters. The Hall–Kier alpha value is -2.65. The van der Waals surface area contributed by atoms with Crippen molar-refractivity contribution < 1.29 is 4.39 Å². The van der Waals surface area contributed by atoms with Crippen molar-refractivity contribution in [2.45, 2.75) is 6.54 Å². The van der Waals surface area contributed by atoms with Crippen LogP contribution in [0.3, 0.4) is 0 Å². The number of fused-ring (bicyclic) bond motifs is 1. The normalized spacial score (nSPS) is 11.1. The van der Waals surface area contributed by atoms with Crippen LogP contribution in [0.2, 0.25) is 5.02 Å². The summed E-state index contributed by atoms with van der Waals surface area (Å²) in [5.74, 6) is 0.610. The number of aromatic nitrogens is 2. The fourth-order valence-corrected chi connectivity index (χ4v) is 3.05. The highest BCUT2D eigenvalue weighted by Gasteiger charge is 2.13. The molecule has 24 heavy (non-hydrogen) atoms. The van der Waals surface area contributed by atoms with Crippen molar-refractivity contribution in [2.75, 3.05) is 0 Å². The molecule has 0 aliphatic heterocycles. The zero-order valence-corrected chi connectivity index (χ0v) is 13.5. The summed E-state index contributed by atoms with van der Waals surface area (Å²) in [4.78, 5) is 4.75. The van der Waals surface area contributed by atoms with Gasteiger partial charge in [-0.2, -0.15) is 0 Å². The van der Waals surface area contributed by atoms with Crippen molar-refractivity contribution >= 4 is 22.6 Å². The van der Waals surface area contributed by atoms with Crippen LogP contribution in [0.5, 0.6) is 0 Å².